The zero-order valence-electron chi connectivity index (χ0n) is 8.73. The van der Waals surface area contributed by atoms with Crippen molar-refractivity contribution in [2.75, 3.05) is 13.6 Å². The maximum Gasteiger partial charge on any atom is 0.251 e. The van der Waals surface area contributed by atoms with Gasteiger partial charge in [0.15, 0.2) is 0 Å². The van der Waals surface area contributed by atoms with Crippen molar-refractivity contribution >= 4 is 17.7 Å². The number of carbonyl (C=O) groups is 3. The fourth-order valence-corrected chi connectivity index (χ4v) is 2.19. The fraction of sp³-hybridized carbons (Fsp3) is 0.700. The quantitative estimate of drug-likeness (QED) is 0.561. The molecule has 3 amide bonds. The number of amides is 3. The van der Waals surface area contributed by atoms with Crippen LogP contribution in [0.4, 0.5) is 0 Å². The van der Waals surface area contributed by atoms with Gasteiger partial charge in [-0.05, 0) is 12.8 Å². The molecule has 0 aromatic rings. The number of carbonyl (C=O) groups excluding carboxylic acids is 3. The van der Waals surface area contributed by atoms with Gasteiger partial charge in [0, 0.05) is 26.4 Å². The van der Waals surface area contributed by atoms with E-state index in [0.29, 0.717) is 25.8 Å². The van der Waals surface area contributed by atoms with E-state index in [-0.39, 0.29) is 17.7 Å². The van der Waals surface area contributed by atoms with Crippen LogP contribution >= 0.6 is 0 Å². The molecular weight excluding hydrogens is 196 g/mol. The Morgan fingerprint density at radius 1 is 1.13 bits per heavy atom. The van der Waals surface area contributed by atoms with Crippen LogP contribution in [0.15, 0.2) is 0 Å². The van der Waals surface area contributed by atoms with Crippen LogP contribution in [-0.2, 0) is 14.4 Å². The van der Waals surface area contributed by atoms with E-state index in [9.17, 15) is 14.4 Å². The summed E-state index contributed by atoms with van der Waals surface area (Å²) < 4.78 is 0. The molecule has 15 heavy (non-hydrogen) atoms. The highest BCUT2D eigenvalue weighted by atomic mass is 16.2. The number of likely N-dealkylation sites (N-methyl/N-ethyl adjacent to an activating group) is 1. The summed E-state index contributed by atoms with van der Waals surface area (Å²) in [5.41, 5.74) is 0. The molecular formula is C10H14N2O3. The van der Waals surface area contributed by atoms with Crippen LogP contribution < -0.4 is 0 Å². The minimum Gasteiger partial charge on any atom is -0.331 e. The predicted octanol–water partition coefficient (Wildman–Crippen LogP) is -0.244. The lowest BCUT2D eigenvalue weighted by atomic mass is 10.0. The van der Waals surface area contributed by atoms with Gasteiger partial charge in [-0.25, -0.2) is 0 Å². The maximum absolute atomic E-state index is 11.8. The van der Waals surface area contributed by atoms with Crippen LogP contribution in [0.1, 0.15) is 25.7 Å². The van der Waals surface area contributed by atoms with Crippen LogP contribution in [-0.4, -0.2) is 47.2 Å². The maximum atomic E-state index is 11.8. The smallest absolute Gasteiger partial charge is 0.251 e. The topological polar surface area (TPSA) is 57.7 Å². The van der Waals surface area contributed by atoms with Crippen molar-refractivity contribution in [3.8, 4) is 0 Å². The van der Waals surface area contributed by atoms with Crippen LogP contribution in [0, 0.1) is 0 Å². The van der Waals surface area contributed by atoms with Crippen molar-refractivity contribution in [2.24, 2.45) is 0 Å². The minimum absolute atomic E-state index is 0.0381. The van der Waals surface area contributed by atoms with Gasteiger partial charge in [-0.1, -0.05) is 0 Å². The number of likely N-dealkylation sites (tertiary alicyclic amines) is 2. The second-order valence-electron chi connectivity index (χ2n) is 4.04. The third-order valence-electron chi connectivity index (χ3n) is 3.11. The van der Waals surface area contributed by atoms with Gasteiger partial charge < -0.3 is 4.90 Å². The number of hydrogen-bond acceptors (Lipinski definition) is 3. The molecule has 0 aromatic carbocycles. The molecule has 0 radical (unpaired) electrons. The lowest BCUT2D eigenvalue weighted by Gasteiger charge is -2.33. The Morgan fingerprint density at radius 3 is 2.47 bits per heavy atom. The van der Waals surface area contributed by atoms with E-state index < -0.39 is 6.04 Å². The number of hydrogen-bond donors (Lipinski definition) is 0. The number of rotatable bonds is 1. The van der Waals surface area contributed by atoms with Gasteiger partial charge >= 0.3 is 0 Å². The van der Waals surface area contributed by atoms with Crippen LogP contribution in [0.3, 0.4) is 0 Å². The Labute approximate surface area is 88.0 Å². The van der Waals surface area contributed by atoms with Crippen LogP contribution in [0.5, 0.6) is 0 Å². The second kappa shape index (κ2) is 3.64. The van der Waals surface area contributed by atoms with Gasteiger partial charge in [0.25, 0.3) is 5.91 Å². The van der Waals surface area contributed by atoms with E-state index >= 15 is 0 Å². The first-order valence-corrected chi connectivity index (χ1v) is 5.21. The van der Waals surface area contributed by atoms with Crippen LogP contribution in [0.25, 0.3) is 0 Å². The summed E-state index contributed by atoms with van der Waals surface area (Å²) in [4.78, 5) is 37.3. The van der Waals surface area contributed by atoms with E-state index in [4.69, 9.17) is 0 Å². The molecule has 0 N–H and O–H groups in total. The van der Waals surface area contributed by atoms with E-state index in [1.807, 2.05) is 0 Å². The summed E-state index contributed by atoms with van der Waals surface area (Å²) in [5, 5.41) is 0. The molecule has 2 heterocycles. The van der Waals surface area contributed by atoms with Crippen molar-refractivity contribution in [1.29, 1.82) is 0 Å². The van der Waals surface area contributed by atoms with Gasteiger partial charge in [0.2, 0.25) is 11.8 Å². The van der Waals surface area contributed by atoms with Gasteiger partial charge in [0.1, 0.15) is 6.04 Å². The molecule has 2 rings (SSSR count). The summed E-state index contributed by atoms with van der Waals surface area (Å²) in [5.74, 6) is -0.347. The molecule has 1 atom stereocenters. The molecule has 2 aliphatic heterocycles. The number of nitrogens with zero attached hydrogens (tertiary/aromatic N) is 2. The molecule has 5 nitrogen and oxygen atoms in total. The van der Waals surface area contributed by atoms with E-state index in [1.165, 1.54) is 7.05 Å². The zero-order valence-corrected chi connectivity index (χ0v) is 8.73. The van der Waals surface area contributed by atoms with Crippen molar-refractivity contribution < 1.29 is 14.4 Å². The van der Waals surface area contributed by atoms with Crippen molar-refractivity contribution in [3.05, 3.63) is 0 Å². The first kappa shape index (κ1) is 10.1. The lowest BCUT2D eigenvalue weighted by Crippen LogP contribution is -2.53. The molecule has 2 saturated heterocycles. The zero-order chi connectivity index (χ0) is 11.0. The second-order valence-corrected chi connectivity index (χ2v) is 4.04. The highest BCUT2D eigenvalue weighted by Gasteiger charge is 2.39. The van der Waals surface area contributed by atoms with Gasteiger partial charge in [-0.15, -0.1) is 0 Å². The molecule has 0 aromatic heterocycles. The van der Waals surface area contributed by atoms with Crippen molar-refractivity contribution in [3.63, 3.8) is 0 Å². The average molecular weight is 210 g/mol. The van der Waals surface area contributed by atoms with Crippen molar-refractivity contribution in [2.45, 2.75) is 31.7 Å². The first-order valence-electron chi connectivity index (χ1n) is 5.21. The molecule has 82 valence electrons. The Morgan fingerprint density at radius 2 is 1.87 bits per heavy atom. The number of piperidine rings is 1. The largest absolute Gasteiger partial charge is 0.331 e. The van der Waals surface area contributed by atoms with Gasteiger partial charge in [0.05, 0.1) is 0 Å². The standard InChI is InChI=1S/C10H14N2O3/c1-11-8(13)5-4-7(10(11)15)12-6-2-3-9(12)14/h7H,2-6H2,1H3. The Bertz CT molecular complexity index is 327. The lowest BCUT2D eigenvalue weighted by molar-refractivity contribution is -0.154. The Kier molecular flexibility index (Phi) is 2.46. The minimum atomic E-state index is -0.400. The monoisotopic (exact) mass is 210 g/mol. The summed E-state index contributed by atoms with van der Waals surface area (Å²) in [6.07, 6.45) is 2.19. The molecule has 0 saturated carbocycles. The molecule has 1 unspecified atom stereocenters. The first-order chi connectivity index (χ1) is 7.11. The molecule has 0 aliphatic carbocycles. The normalized spacial score (nSPS) is 27.8. The molecule has 2 fully saturated rings. The summed E-state index contributed by atoms with van der Waals surface area (Å²) in [6.45, 7) is 0.650. The molecule has 0 spiro atoms. The molecule has 5 heteroatoms. The SMILES string of the molecule is CN1C(=O)CCC(N2CCCC2=O)C1=O. The van der Waals surface area contributed by atoms with Gasteiger partial charge in [-0.3, -0.25) is 19.3 Å². The van der Waals surface area contributed by atoms with E-state index in [1.54, 1.807) is 4.90 Å². The van der Waals surface area contributed by atoms with Crippen molar-refractivity contribution in [1.82, 2.24) is 9.80 Å². The van der Waals surface area contributed by atoms with E-state index in [2.05, 4.69) is 0 Å². The third-order valence-corrected chi connectivity index (χ3v) is 3.11. The van der Waals surface area contributed by atoms with Crippen LogP contribution in [0.2, 0.25) is 0 Å². The molecule has 0 bridgehead atoms. The summed E-state index contributed by atoms with van der Waals surface area (Å²) in [7, 11) is 1.48. The summed E-state index contributed by atoms with van der Waals surface area (Å²) >= 11 is 0. The highest BCUT2D eigenvalue weighted by Crippen LogP contribution is 2.22. The summed E-state index contributed by atoms with van der Waals surface area (Å²) in [6, 6.07) is -0.400. The average Bonchev–Trinajstić information content (AvgIpc) is 2.62. The fourth-order valence-electron chi connectivity index (χ4n) is 2.19. The van der Waals surface area contributed by atoms with E-state index in [0.717, 1.165) is 11.3 Å². The third kappa shape index (κ3) is 1.62. The van der Waals surface area contributed by atoms with Gasteiger partial charge in [-0.2, -0.15) is 0 Å². The highest BCUT2D eigenvalue weighted by molar-refractivity contribution is 6.01. The molecule has 2 aliphatic rings. The predicted molar refractivity (Wildman–Crippen MR) is 51.7 cm³/mol. The Balaban J connectivity index is 2.13. The number of imide groups is 1. The Hall–Kier alpha value is -1.39.